The summed E-state index contributed by atoms with van der Waals surface area (Å²) in [6.07, 6.45) is 0. The molecule has 1 aromatic heterocycles. The summed E-state index contributed by atoms with van der Waals surface area (Å²) in [4.78, 5) is 8.47. The van der Waals surface area contributed by atoms with E-state index in [9.17, 15) is 4.39 Å². The monoisotopic (exact) mass is 296 g/mol. The molecule has 0 fully saturated rings. The maximum atomic E-state index is 13.1. The Morgan fingerprint density at radius 1 is 1.30 bits per heavy atom. The number of ether oxygens (including phenoxy) is 1. The normalized spacial score (nSPS) is 10.7. The summed E-state index contributed by atoms with van der Waals surface area (Å²) < 4.78 is 18.6. The van der Waals surface area contributed by atoms with Crippen molar-refractivity contribution in [2.75, 3.05) is 5.43 Å². The van der Waals surface area contributed by atoms with E-state index in [4.69, 9.17) is 22.2 Å². The van der Waals surface area contributed by atoms with Crippen LogP contribution in [0.3, 0.4) is 0 Å². The number of nitrogens with zero attached hydrogens (tertiary/aromatic N) is 2. The van der Waals surface area contributed by atoms with E-state index in [2.05, 4.69) is 15.4 Å². The van der Waals surface area contributed by atoms with Crippen LogP contribution >= 0.6 is 11.6 Å². The van der Waals surface area contributed by atoms with E-state index in [1.807, 2.05) is 13.8 Å². The third-order valence-corrected chi connectivity index (χ3v) is 2.79. The summed E-state index contributed by atoms with van der Waals surface area (Å²) in [6, 6.07) is 5.62. The molecule has 106 valence electrons. The van der Waals surface area contributed by atoms with Crippen molar-refractivity contribution in [2.24, 2.45) is 5.84 Å². The number of nitrogen functional groups attached to an aromatic ring is 1. The lowest BCUT2D eigenvalue weighted by Gasteiger charge is -2.10. The van der Waals surface area contributed by atoms with Crippen molar-refractivity contribution in [2.45, 2.75) is 19.8 Å². The van der Waals surface area contributed by atoms with Gasteiger partial charge in [-0.15, -0.1) is 0 Å². The molecule has 0 saturated heterocycles. The lowest BCUT2D eigenvalue weighted by atomic mass is 10.2. The van der Waals surface area contributed by atoms with Crippen molar-refractivity contribution >= 4 is 17.4 Å². The Morgan fingerprint density at radius 3 is 2.65 bits per heavy atom. The first-order chi connectivity index (χ1) is 9.49. The molecule has 0 amide bonds. The lowest BCUT2D eigenvalue weighted by Crippen LogP contribution is -2.11. The fourth-order valence-corrected chi connectivity index (χ4v) is 1.66. The highest BCUT2D eigenvalue weighted by Crippen LogP contribution is 2.27. The molecule has 20 heavy (non-hydrogen) atoms. The number of nitrogens with one attached hydrogen (secondary N) is 1. The highest BCUT2D eigenvalue weighted by molar-refractivity contribution is 6.30. The van der Waals surface area contributed by atoms with Gasteiger partial charge in [-0.25, -0.2) is 15.2 Å². The van der Waals surface area contributed by atoms with Gasteiger partial charge in [0.1, 0.15) is 23.2 Å². The topological polar surface area (TPSA) is 73.1 Å². The molecule has 2 aromatic rings. The second-order valence-corrected chi connectivity index (χ2v) is 4.83. The van der Waals surface area contributed by atoms with Crippen LogP contribution in [0.5, 0.6) is 11.6 Å². The smallest absolute Gasteiger partial charge is 0.224 e. The van der Waals surface area contributed by atoms with Gasteiger partial charge in [-0.2, -0.15) is 4.98 Å². The van der Waals surface area contributed by atoms with Crippen molar-refractivity contribution in [1.82, 2.24) is 9.97 Å². The third kappa shape index (κ3) is 3.34. The molecule has 0 unspecified atom stereocenters. The van der Waals surface area contributed by atoms with Crippen molar-refractivity contribution in [3.05, 3.63) is 40.9 Å². The standard InChI is InChI=1S/C13H14ClFN4O/c1-7(2)13-17-11(19-16)6-12(18-13)20-8-3-4-10(15)9(14)5-8/h3-7H,16H2,1-2H3,(H,17,18,19). The van der Waals surface area contributed by atoms with Gasteiger partial charge in [0, 0.05) is 18.1 Å². The molecule has 1 aromatic carbocycles. The van der Waals surface area contributed by atoms with E-state index in [-0.39, 0.29) is 10.9 Å². The van der Waals surface area contributed by atoms with Crippen LogP contribution in [-0.4, -0.2) is 9.97 Å². The van der Waals surface area contributed by atoms with Gasteiger partial charge in [0.05, 0.1) is 5.02 Å². The SMILES string of the molecule is CC(C)c1nc(NN)cc(Oc2ccc(F)c(Cl)c2)n1. The zero-order chi connectivity index (χ0) is 14.7. The minimum Gasteiger partial charge on any atom is -0.439 e. The quantitative estimate of drug-likeness (QED) is 0.667. The van der Waals surface area contributed by atoms with Crippen LogP contribution in [0.15, 0.2) is 24.3 Å². The van der Waals surface area contributed by atoms with E-state index < -0.39 is 5.82 Å². The molecule has 7 heteroatoms. The van der Waals surface area contributed by atoms with E-state index in [1.54, 1.807) is 6.07 Å². The van der Waals surface area contributed by atoms with Gasteiger partial charge in [0.25, 0.3) is 0 Å². The Balaban J connectivity index is 2.32. The minimum atomic E-state index is -0.506. The van der Waals surface area contributed by atoms with E-state index >= 15 is 0 Å². The first kappa shape index (κ1) is 14.5. The van der Waals surface area contributed by atoms with Gasteiger partial charge in [0.15, 0.2) is 0 Å². The van der Waals surface area contributed by atoms with Crippen LogP contribution in [-0.2, 0) is 0 Å². The Kier molecular flexibility index (Phi) is 4.36. The number of benzene rings is 1. The van der Waals surface area contributed by atoms with Gasteiger partial charge < -0.3 is 10.2 Å². The summed E-state index contributed by atoms with van der Waals surface area (Å²) >= 11 is 5.70. The van der Waals surface area contributed by atoms with E-state index in [0.29, 0.717) is 23.3 Å². The third-order valence-electron chi connectivity index (χ3n) is 2.50. The van der Waals surface area contributed by atoms with Crippen LogP contribution in [0.4, 0.5) is 10.2 Å². The summed E-state index contributed by atoms with van der Waals surface area (Å²) in [5.41, 5.74) is 2.45. The average molecular weight is 297 g/mol. The first-order valence-electron chi connectivity index (χ1n) is 5.98. The number of anilines is 1. The molecule has 3 N–H and O–H groups in total. The number of nitrogens with two attached hydrogens (primary N) is 1. The van der Waals surface area contributed by atoms with E-state index in [0.717, 1.165) is 0 Å². The number of aromatic nitrogens is 2. The molecule has 0 spiro atoms. The van der Waals surface area contributed by atoms with Crippen molar-refractivity contribution in [3.8, 4) is 11.6 Å². The molecule has 5 nitrogen and oxygen atoms in total. The van der Waals surface area contributed by atoms with Crippen LogP contribution < -0.4 is 16.0 Å². The Hall–Kier alpha value is -1.92. The zero-order valence-corrected chi connectivity index (χ0v) is 11.8. The van der Waals surface area contributed by atoms with Crippen molar-refractivity contribution in [3.63, 3.8) is 0 Å². The summed E-state index contributed by atoms with van der Waals surface area (Å²) in [6.45, 7) is 3.91. The first-order valence-corrected chi connectivity index (χ1v) is 6.36. The molecule has 0 bridgehead atoms. The maximum Gasteiger partial charge on any atom is 0.224 e. The van der Waals surface area contributed by atoms with Crippen LogP contribution in [0.2, 0.25) is 5.02 Å². The van der Waals surface area contributed by atoms with Crippen LogP contribution in [0.25, 0.3) is 0 Å². The van der Waals surface area contributed by atoms with Crippen LogP contribution in [0, 0.1) is 5.82 Å². The number of hydrogen-bond acceptors (Lipinski definition) is 5. The number of hydrogen-bond donors (Lipinski definition) is 2. The molecule has 0 saturated carbocycles. The number of hydrazine groups is 1. The summed E-state index contributed by atoms with van der Waals surface area (Å²) in [7, 11) is 0. The zero-order valence-electron chi connectivity index (χ0n) is 11.0. The Morgan fingerprint density at radius 2 is 2.05 bits per heavy atom. The molecule has 0 aliphatic rings. The summed E-state index contributed by atoms with van der Waals surface area (Å²) in [5.74, 6) is 6.68. The van der Waals surface area contributed by atoms with Gasteiger partial charge in [-0.05, 0) is 12.1 Å². The fraction of sp³-hybridized carbons (Fsp3) is 0.231. The molecule has 2 rings (SSSR count). The lowest BCUT2D eigenvalue weighted by molar-refractivity contribution is 0.456. The molecule has 1 heterocycles. The van der Waals surface area contributed by atoms with Crippen molar-refractivity contribution < 1.29 is 9.13 Å². The highest BCUT2D eigenvalue weighted by Gasteiger charge is 2.10. The average Bonchev–Trinajstić information content (AvgIpc) is 2.42. The van der Waals surface area contributed by atoms with Gasteiger partial charge in [-0.3, -0.25) is 0 Å². The Labute approximate surface area is 120 Å². The maximum absolute atomic E-state index is 13.1. The van der Waals surface area contributed by atoms with Gasteiger partial charge in [0.2, 0.25) is 5.88 Å². The Bertz CT molecular complexity index is 621. The van der Waals surface area contributed by atoms with Crippen molar-refractivity contribution in [1.29, 1.82) is 0 Å². The number of halogens is 2. The van der Waals surface area contributed by atoms with E-state index in [1.165, 1.54) is 18.2 Å². The second kappa shape index (κ2) is 6.02. The van der Waals surface area contributed by atoms with Gasteiger partial charge in [-0.1, -0.05) is 25.4 Å². The minimum absolute atomic E-state index is 0.0159. The molecular formula is C13H14ClFN4O. The second-order valence-electron chi connectivity index (χ2n) is 4.43. The predicted molar refractivity (Wildman–Crippen MR) is 75.4 cm³/mol. The van der Waals surface area contributed by atoms with Gasteiger partial charge >= 0.3 is 0 Å². The van der Waals surface area contributed by atoms with Crippen LogP contribution in [0.1, 0.15) is 25.6 Å². The number of rotatable bonds is 4. The molecule has 0 atom stereocenters. The predicted octanol–water partition coefficient (Wildman–Crippen LogP) is 3.47. The molecule has 0 aliphatic carbocycles. The molecule has 0 aliphatic heterocycles. The molecule has 0 radical (unpaired) electrons. The highest BCUT2D eigenvalue weighted by atomic mass is 35.5. The molecular weight excluding hydrogens is 283 g/mol. The largest absolute Gasteiger partial charge is 0.439 e. The summed E-state index contributed by atoms with van der Waals surface area (Å²) in [5, 5.41) is -0.0159. The fourth-order valence-electron chi connectivity index (χ4n) is 1.49.